The zero-order valence-corrected chi connectivity index (χ0v) is 18.6. The molecule has 0 atom stereocenters. The summed E-state index contributed by atoms with van der Waals surface area (Å²) < 4.78 is 10.6. The largest absolute Gasteiger partial charge is 0.497 e. The molecule has 3 aromatic carbocycles. The SMILES string of the molecule is COc1ccc(NC(=O)c2cccc(Nc3cc(-c4ccccc4)nc(C)n3)c2)c(OC)c1. The Hall–Kier alpha value is -4.39. The summed E-state index contributed by atoms with van der Waals surface area (Å²) in [6.07, 6.45) is 0. The minimum Gasteiger partial charge on any atom is -0.497 e. The molecule has 0 aliphatic carbocycles. The van der Waals surface area contributed by atoms with Gasteiger partial charge in [0.2, 0.25) is 0 Å². The van der Waals surface area contributed by atoms with Crippen LogP contribution in [0.25, 0.3) is 11.3 Å². The minimum atomic E-state index is -0.258. The second-order valence-electron chi connectivity index (χ2n) is 7.28. The van der Waals surface area contributed by atoms with E-state index in [2.05, 4.69) is 20.6 Å². The predicted molar refractivity (Wildman–Crippen MR) is 129 cm³/mol. The number of methoxy groups -OCH3 is 2. The molecular formula is C26H24N4O3. The summed E-state index contributed by atoms with van der Waals surface area (Å²) in [7, 11) is 3.12. The first-order valence-corrected chi connectivity index (χ1v) is 10.4. The van der Waals surface area contributed by atoms with Gasteiger partial charge in [-0.25, -0.2) is 9.97 Å². The molecular weight excluding hydrogens is 416 g/mol. The molecule has 0 spiro atoms. The standard InChI is InChI=1S/C26H24N4O3/c1-17-27-23(18-8-5-4-6-9-18)16-25(28-17)29-20-11-7-10-19(14-20)26(31)30-22-13-12-21(32-2)15-24(22)33-3/h4-16H,1-3H3,(H,30,31)(H,27,28,29). The molecule has 0 aliphatic rings. The van der Waals surface area contributed by atoms with Crippen LogP contribution in [0.3, 0.4) is 0 Å². The molecule has 1 aromatic heterocycles. The Bertz CT molecular complexity index is 1280. The van der Waals surface area contributed by atoms with Crippen molar-refractivity contribution in [3.05, 3.63) is 90.3 Å². The van der Waals surface area contributed by atoms with Gasteiger partial charge in [-0.15, -0.1) is 0 Å². The lowest BCUT2D eigenvalue weighted by Crippen LogP contribution is -2.13. The number of hydrogen-bond donors (Lipinski definition) is 2. The smallest absolute Gasteiger partial charge is 0.255 e. The third kappa shape index (κ3) is 5.27. The molecule has 0 bridgehead atoms. The summed E-state index contributed by atoms with van der Waals surface area (Å²) in [5.41, 5.74) is 3.62. The van der Waals surface area contributed by atoms with Gasteiger partial charge in [-0.3, -0.25) is 4.79 Å². The number of benzene rings is 3. The Morgan fingerprint density at radius 1 is 0.848 bits per heavy atom. The van der Waals surface area contributed by atoms with Gasteiger partial charge in [-0.1, -0.05) is 36.4 Å². The lowest BCUT2D eigenvalue weighted by Gasteiger charge is -2.13. The van der Waals surface area contributed by atoms with Crippen LogP contribution in [0.2, 0.25) is 0 Å². The highest BCUT2D eigenvalue weighted by Gasteiger charge is 2.12. The van der Waals surface area contributed by atoms with Crippen molar-refractivity contribution in [3.8, 4) is 22.8 Å². The molecule has 0 saturated heterocycles. The van der Waals surface area contributed by atoms with Crippen molar-refractivity contribution in [2.75, 3.05) is 24.9 Å². The van der Waals surface area contributed by atoms with Gasteiger partial charge in [0.1, 0.15) is 23.1 Å². The summed E-state index contributed by atoms with van der Waals surface area (Å²) in [4.78, 5) is 21.9. The molecule has 0 unspecified atom stereocenters. The van der Waals surface area contributed by atoms with Crippen LogP contribution >= 0.6 is 0 Å². The van der Waals surface area contributed by atoms with Crippen molar-refractivity contribution in [3.63, 3.8) is 0 Å². The Morgan fingerprint density at radius 2 is 1.67 bits per heavy atom. The Morgan fingerprint density at radius 3 is 2.42 bits per heavy atom. The number of hydrogen-bond acceptors (Lipinski definition) is 6. The number of carbonyl (C=O) groups excluding carboxylic acids is 1. The van der Waals surface area contributed by atoms with E-state index in [4.69, 9.17) is 9.47 Å². The summed E-state index contributed by atoms with van der Waals surface area (Å²) in [5.74, 6) is 2.20. The number of rotatable bonds is 7. The second-order valence-corrected chi connectivity index (χ2v) is 7.28. The van der Waals surface area contributed by atoms with Crippen LogP contribution in [0, 0.1) is 6.92 Å². The number of ether oxygens (including phenoxy) is 2. The highest BCUT2D eigenvalue weighted by molar-refractivity contribution is 6.05. The summed E-state index contributed by atoms with van der Waals surface area (Å²) in [5, 5.41) is 6.17. The van der Waals surface area contributed by atoms with Crippen LogP contribution in [0.5, 0.6) is 11.5 Å². The fourth-order valence-electron chi connectivity index (χ4n) is 3.37. The maximum absolute atomic E-state index is 12.9. The molecule has 7 nitrogen and oxygen atoms in total. The zero-order chi connectivity index (χ0) is 23.2. The van der Waals surface area contributed by atoms with Gasteiger partial charge in [-0.05, 0) is 37.3 Å². The maximum atomic E-state index is 12.9. The molecule has 33 heavy (non-hydrogen) atoms. The third-order valence-electron chi connectivity index (χ3n) is 4.96. The van der Waals surface area contributed by atoms with E-state index >= 15 is 0 Å². The molecule has 166 valence electrons. The van der Waals surface area contributed by atoms with E-state index in [1.807, 2.05) is 55.5 Å². The third-order valence-corrected chi connectivity index (χ3v) is 4.96. The van der Waals surface area contributed by atoms with E-state index < -0.39 is 0 Å². The van der Waals surface area contributed by atoms with Crippen molar-refractivity contribution in [2.45, 2.75) is 6.92 Å². The molecule has 0 fully saturated rings. The monoisotopic (exact) mass is 440 g/mol. The van der Waals surface area contributed by atoms with Crippen LogP contribution in [0.1, 0.15) is 16.2 Å². The van der Waals surface area contributed by atoms with Crippen molar-refractivity contribution < 1.29 is 14.3 Å². The lowest BCUT2D eigenvalue weighted by atomic mass is 10.1. The fraction of sp³-hybridized carbons (Fsp3) is 0.115. The molecule has 1 heterocycles. The van der Waals surface area contributed by atoms with Gasteiger partial charge in [-0.2, -0.15) is 0 Å². The van der Waals surface area contributed by atoms with Gasteiger partial charge in [0.25, 0.3) is 5.91 Å². The van der Waals surface area contributed by atoms with E-state index in [0.29, 0.717) is 34.4 Å². The van der Waals surface area contributed by atoms with Crippen molar-refractivity contribution in [1.82, 2.24) is 9.97 Å². The number of aryl methyl sites for hydroxylation is 1. The molecule has 0 radical (unpaired) electrons. The van der Waals surface area contributed by atoms with Crippen LogP contribution in [0.15, 0.2) is 78.9 Å². The maximum Gasteiger partial charge on any atom is 0.255 e. The normalized spacial score (nSPS) is 10.4. The molecule has 7 heteroatoms. The van der Waals surface area contributed by atoms with Gasteiger partial charge < -0.3 is 20.1 Å². The molecule has 4 aromatic rings. The number of aromatic nitrogens is 2. The Labute approximate surface area is 192 Å². The summed E-state index contributed by atoms with van der Waals surface area (Å²) in [6, 6.07) is 24.2. The highest BCUT2D eigenvalue weighted by Crippen LogP contribution is 2.30. The first-order chi connectivity index (χ1) is 16.1. The average Bonchev–Trinajstić information content (AvgIpc) is 2.84. The lowest BCUT2D eigenvalue weighted by molar-refractivity contribution is 0.102. The molecule has 0 aliphatic heterocycles. The van der Waals surface area contributed by atoms with Gasteiger partial charge in [0.05, 0.1) is 25.6 Å². The molecule has 0 saturated carbocycles. The second kappa shape index (κ2) is 9.82. The first-order valence-electron chi connectivity index (χ1n) is 10.4. The Kier molecular flexibility index (Phi) is 6.50. The van der Waals surface area contributed by atoms with Gasteiger partial charge in [0.15, 0.2) is 0 Å². The van der Waals surface area contributed by atoms with Crippen LogP contribution < -0.4 is 20.1 Å². The average molecular weight is 441 g/mol. The number of anilines is 3. The fourth-order valence-corrected chi connectivity index (χ4v) is 3.37. The summed E-state index contributed by atoms with van der Waals surface area (Å²) in [6.45, 7) is 1.85. The highest BCUT2D eigenvalue weighted by atomic mass is 16.5. The van der Waals surface area contributed by atoms with Crippen LogP contribution in [-0.2, 0) is 0 Å². The number of nitrogens with one attached hydrogen (secondary N) is 2. The predicted octanol–water partition coefficient (Wildman–Crippen LogP) is 5.47. The van der Waals surface area contributed by atoms with E-state index in [-0.39, 0.29) is 5.91 Å². The van der Waals surface area contributed by atoms with E-state index in [1.54, 1.807) is 44.6 Å². The number of nitrogens with zero attached hydrogens (tertiary/aromatic N) is 2. The molecule has 1 amide bonds. The van der Waals surface area contributed by atoms with Crippen molar-refractivity contribution in [2.24, 2.45) is 0 Å². The van der Waals surface area contributed by atoms with E-state index in [1.165, 1.54) is 0 Å². The van der Waals surface area contributed by atoms with Gasteiger partial charge >= 0.3 is 0 Å². The first kappa shape index (κ1) is 21.8. The summed E-state index contributed by atoms with van der Waals surface area (Å²) >= 11 is 0. The topological polar surface area (TPSA) is 85.4 Å². The number of amides is 1. The molecule has 2 N–H and O–H groups in total. The number of carbonyl (C=O) groups is 1. The van der Waals surface area contributed by atoms with E-state index in [9.17, 15) is 4.79 Å². The van der Waals surface area contributed by atoms with Crippen molar-refractivity contribution >= 4 is 23.1 Å². The van der Waals surface area contributed by atoms with Crippen LogP contribution in [0.4, 0.5) is 17.2 Å². The minimum absolute atomic E-state index is 0.258. The van der Waals surface area contributed by atoms with Gasteiger partial charge in [0, 0.05) is 28.9 Å². The van der Waals surface area contributed by atoms with Crippen LogP contribution in [-0.4, -0.2) is 30.1 Å². The Balaban J connectivity index is 1.54. The van der Waals surface area contributed by atoms with Crippen molar-refractivity contribution in [1.29, 1.82) is 0 Å². The zero-order valence-electron chi connectivity index (χ0n) is 18.6. The van der Waals surface area contributed by atoms with E-state index in [0.717, 1.165) is 16.9 Å². The quantitative estimate of drug-likeness (QED) is 0.397. The molecule has 4 rings (SSSR count).